The zero-order valence-corrected chi connectivity index (χ0v) is 55.9. The van der Waals surface area contributed by atoms with Crippen molar-refractivity contribution >= 4 is 100.0 Å². The first-order valence-electron chi connectivity index (χ1n) is 34.2. The van der Waals surface area contributed by atoms with E-state index in [2.05, 4.69) is 434 Å². The van der Waals surface area contributed by atoms with Gasteiger partial charge in [0.2, 0.25) is 0 Å². The highest BCUT2D eigenvalue weighted by Gasteiger charge is 2.20. The van der Waals surface area contributed by atoms with Crippen molar-refractivity contribution in [3.05, 3.63) is 400 Å². The summed E-state index contributed by atoms with van der Waals surface area (Å²) in [4.78, 5) is 9.32. The molecule has 17 rings (SSSR count). The highest BCUT2D eigenvalue weighted by Crippen LogP contribution is 2.45. The largest absolute Gasteiger partial charge is 0.345 e. The van der Waals surface area contributed by atoms with Crippen LogP contribution in [-0.4, -0.2) is 14.1 Å². The summed E-state index contributed by atoms with van der Waals surface area (Å²) in [7, 11) is 4.30. The van der Waals surface area contributed by atoms with E-state index in [9.17, 15) is 0 Å². The van der Waals surface area contributed by atoms with E-state index in [-0.39, 0.29) is 0 Å². The van der Waals surface area contributed by atoms with Gasteiger partial charge >= 0.3 is 0 Å². The molecule has 0 N–H and O–H groups in total. The van der Waals surface area contributed by atoms with Gasteiger partial charge in [0, 0.05) is 75.5 Å². The molecule has 100 heavy (non-hydrogen) atoms. The van der Waals surface area contributed by atoms with Crippen molar-refractivity contribution in [2.75, 3.05) is 33.7 Å². The van der Waals surface area contributed by atoms with Crippen LogP contribution in [0.4, 0.5) is 56.9 Å². The van der Waals surface area contributed by atoms with Crippen LogP contribution in [0.25, 0.3) is 98.7 Å². The van der Waals surface area contributed by atoms with Crippen LogP contribution in [-0.2, 0) is 0 Å². The van der Waals surface area contributed by atoms with Gasteiger partial charge in [0.05, 0.1) is 17.1 Å². The molecule has 0 aliphatic rings. The second kappa shape index (κ2) is 28.0. The van der Waals surface area contributed by atoms with E-state index in [0.717, 1.165) is 51.2 Å². The molecule has 0 saturated heterocycles. The Bertz CT molecular complexity index is 5620. The lowest BCUT2D eigenvalue weighted by molar-refractivity contribution is 1.21. The summed E-state index contributed by atoms with van der Waals surface area (Å²) >= 11 is 0. The topological polar surface area (TPSA) is 13.0 Å². The van der Waals surface area contributed by atoms with Crippen LogP contribution in [0.3, 0.4) is 0 Å². The maximum absolute atomic E-state index is 2.38. The Labute approximate surface area is 586 Å². The standard InChI is InChI=1S/C49H36N2.C47H36N2/c1-50(49-46-22-9-6-16-40(46)33-41-17-7-10-23-47(41)49)42-29-25-36(26-30-42)37-27-31-43(32-28-37)51(48-24-12-18-38-15-5-8-21-45(38)48)44-20-11-19-39(34-44)35-13-3-2-4-14-35;1-48(44-21-10-19-40(33-44)35-13-4-2-5-14-35)42-29-25-37(26-30-42)38-27-31-43(32-28-38)49(47-24-12-18-39-17-8-9-23-46(39)47)45-22-11-20-41(34-45)36-15-6-3-7-16-36/h2-34H,1H3;2-34H,1H3. The highest BCUT2D eigenvalue weighted by atomic mass is 15.2. The third-order valence-electron chi connectivity index (χ3n) is 19.3. The maximum Gasteiger partial charge on any atom is 0.0567 e. The molecule has 0 bridgehead atoms. The van der Waals surface area contributed by atoms with Gasteiger partial charge in [-0.1, -0.05) is 297 Å². The minimum atomic E-state index is 1.11. The highest BCUT2D eigenvalue weighted by molar-refractivity contribution is 6.12. The number of rotatable bonds is 15. The van der Waals surface area contributed by atoms with Gasteiger partial charge < -0.3 is 19.6 Å². The first kappa shape index (κ1) is 61.8. The van der Waals surface area contributed by atoms with Crippen LogP contribution in [0.2, 0.25) is 0 Å². The van der Waals surface area contributed by atoms with Gasteiger partial charge in [-0.05, 0) is 180 Å². The maximum atomic E-state index is 2.38. The molecule has 17 aromatic carbocycles. The Morgan fingerprint density at radius 1 is 0.160 bits per heavy atom. The van der Waals surface area contributed by atoms with Crippen molar-refractivity contribution in [2.24, 2.45) is 0 Å². The molecular formula is C96H72N4. The molecule has 4 nitrogen and oxygen atoms in total. The number of nitrogens with zero attached hydrogens (tertiary/aromatic N) is 4. The summed E-state index contributed by atoms with van der Waals surface area (Å²) in [5.41, 5.74) is 23.4. The predicted octanol–water partition coefficient (Wildman–Crippen LogP) is 26.8. The predicted molar refractivity (Wildman–Crippen MR) is 428 cm³/mol. The van der Waals surface area contributed by atoms with E-state index >= 15 is 0 Å². The fourth-order valence-corrected chi connectivity index (χ4v) is 14.1. The van der Waals surface area contributed by atoms with Crippen molar-refractivity contribution in [1.82, 2.24) is 0 Å². The third-order valence-corrected chi connectivity index (χ3v) is 19.3. The first-order chi connectivity index (χ1) is 49.4. The second-order valence-corrected chi connectivity index (χ2v) is 25.4. The summed E-state index contributed by atoms with van der Waals surface area (Å²) in [6.07, 6.45) is 0. The van der Waals surface area contributed by atoms with Crippen LogP contribution in [0, 0.1) is 0 Å². The zero-order valence-electron chi connectivity index (χ0n) is 55.9. The Hall–Kier alpha value is -13.0. The molecule has 0 amide bonds. The van der Waals surface area contributed by atoms with Crippen molar-refractivity contribution in [3.63, 3.8) is 0 Å². The molecule has 17 aromatic rings. The Balaban J connectivity index is 0.000000156. The van der Waals surface area contributed by atoms with Gasteiger partial charge in [0.25, 0.3) is 0 Å². The SMILES string of the molecule is CN(c1ccc(-c2ccc(N(c3cccc(-c4ccccc4)c3)c3cccc4ccccc34)cc2)cc1)c1c2ccccc2cc2ccccc12.CN(c1ccc(-c2ccc(N(c3cccc(-c4ccccc4)c3)c3cccc4ccccc34)cc2)cc1)c1cccc(-c2ccccc2)c1. The minimum Gasteiger partial charge on any atom is -0.345 e. The van der Waals surface area contributed by atoms with Crippen LogP contribution in [0.5, 0.6) is 0 Å². The van der Waals surface area contributed by atoms with Crippen molar-refractivity contribution in [1.29, 1.82) is 0 Å². The van der Waals surface area contributed by atoms with Crippen molar-refractivity contribution < 1.29 is 0 Å². The molecule has 0 unspecified atom stereocenters. The molecule has 0 heterocycles. The second-order valence-electron chi connectivity index (χ2n) is 25.4. The molecule has 0 fully saturated rings. The fraction of sp³-hybridized carbons (Fsp3) is 0.0208. The van der Waals surface area contributed by atoms with Gasteiger partial charge in [-0.2, -0.15) is 0 Å². The normalized spacial score (nSPS) is 11.1. The van der Waals surface area contributed by atoms with E-state index in [1.807, 2.05) is 0 Å². The van der Waals surface area contributed by atoms with Crippen LogP contribution < -0.4 is 19.6 Å². The van der Waals surface area contributed by atoms with Gasteiger partial charge in [0.15, 0.2) is 0 Å². The average Bonchev–Trinajstić information content (AvgIpc) is 0.763. The smallest absolute Gasteiger partial charge is 0.0567 e. The van der Waals surface area contributed by atoms with Gasteiger partial charge in [-0.15, -0.1) is 0 Å². The Morgan fingerprint density at radius 3 is 0.820 bits per heavy atom. The van der Waals surface area contributed by atoms with E-state index in [0.29, 0.717) is 0 Å². The van der Waals surface area contributed by atoms with Crippen LogP contribution >= 0.6 is 0 Å². The Kier molecular flexibility index (Phi) is 17.3. The van der Waals surface area contributed by atoms with E-state index in [1.54, 1.807) is 0 Å². The van der Waals surface area contributed by atoms with E-state index in [4.69, 9.17) is 0 Å². The summed E-state index contributed by atoms with van der Waals surface area (Å²) in [6, 6.07) is 144. The van der Waals surface area contributed by atoms with Gasteiger partial charge in [-0.25, -0.2) is 0 Å². The molecule has 0 aliphatic carbocycles. The van der Waals surface area contributed by atoms with Crippen LogP contribution in [0.1, 0.15) is 0 Å². The molecule has 0 saturated carbocycles. The lowest BCUT2D eigenvalue weighted by Gasteiger charge is -2.27. The molecule has 476 valence electrons. The fourth-order valence-electron chi connectivity index (χ4n) is 14.1. The summed E-state index contributed by atoms with van der Waals surface area (Å²) < 4.78 is 0. The molecule has 4 heteroatoms. The summed E-state index contributed by atoms with van der Waals surface area (Å²) in [5, 5.41) is 9.88. The first-order valence-corrected chi connectivity index (χ1v) is 34.2. The molecule has 0 aliphatic heterocycles. The number of hydrogen-bond acceptors (Lipinski definition) is 4. The van der Waals surface area contributed by atoms with E-state index < -0.39 is 0 Å². The van der Waals surface area contributed by atoms with Crippen LogP contribution in [0.15, 0.2) is 400 Å². The lowest BCUT2D eigenvalue weighted by Crippen LogP contribution is -2.11. The number of fused-ring (bicyclic) bond motifs is 4. The van der Waals surface area contributed by atoms with Gasteiger partial charge in [0.1, 0.15) is 0 Å². The Morgan fingerprint density at radius 2 is 0.430 bits per heavy atom. The molecule has 0 spiro atoms. The average molecular weight is 1280 g/mol. The zero-order chi connectivity index (χ0) is 67.1. The molecule has 0 aromatic heterocycles. The van der Waals surface area contributed by atoms with Crippen molar-refractivity contribution in [2.45, 2.75) is 0 Å². The quantitative estimate of drug-likeness (QED) is 0.0949. The van der Waals surface area contributed by atoms with Crippen molar-refractivity contribution in [3.8, 4) is 55.6 Å². The monoisotopic (exact) mass is 1280 g/mol. The number of anilines is 10. The lowest BCUT2D eigenvalue weighted by atomic mass is 9.99. The third kappa shape index (κ3) is 12.7. The number of hydrogen-bond donors (Lipinski definition) is 0. The molecule has 0 atom stereocenters. The van der Waals surface area contributed by atoms with E-state index in [1.165, 1.54) is 104 Å². The summed E-state index contributed by atoms with van der Waals surface area (Å²) in [6.45, 7) is 0. The van der Waals surface area contributed by atoms with Gasteiger partial charge in [-0.3, -0.25) is 0 Å². The minimum absolute atomic E-state index is 1.11. The number of benzene rings is 17. The molecular weight excluding hydrogens is 1210 g/mol. The molecule has 0 radical (unpaired) electrons. The summed E-state index contributed by atoms with van der Waals surface area (Å²) in [5.74, 6) is 0.